The van der Waals surface area contributed by atoms with Crippen LogP contribution in [0.1, 0.15) is 22.3 Å². The summed E-state index contributed by atoms with van der Waals surface area (Å²) in [6.45, 7) is 8.86. The molecule has 0 spiro atoms. The van der Waals surface area contributed by atoms with Crippen molar-refractivity contribution in [3.05, 3.63) is 216 Å². The van der Waals surface area contributed by atoms with Crippen LogP contribution in [0.3, 0.4) is 0 Å². The van der Waals surface area contributed by atoms with E-state index in [0.717, 1.165) is 0 Å². The summed E-state index contributed by atoms with van der Waals surface area (Å²) >= 11 is 0. The van der Waals surface area contributed by atoms with E-state index in [2.05, 4.69) is 222 Å². The zero-order chi connectivity index (χ0) is 45.1. The van der Waals surface area contributed by atoms with Gasteiger partial charge in [0.05, 0.1) is 0 Å². The number of hydrogen-bond donors (Lipinski definition) is 0. The Kier molecular flexibility index (Phi) is 7.59. The molecule has 15 rings (SSSR count). The highest BCUT2D eigenvalue weighted by molar-refractivity contribution is 6.42. The van der Waals surface area contributed by atoms with Gasteiger partial charge in [0.15, 0.2) is 0 Å². The van der Waals surface area contributed by atoms with Crippen molar-refractivity contribution in [2.75, 3.05) is 0 Å². The molecule has 0 fully saturated rings. The third kappa shape index (κ3) is 4.94. The van der Waals surface area contributed by atoms with E-state index in [0.29, 0.717) is 0 Å². The maximum absolute atomic E-state index is 2.46. The third-order valence-corrected chi connectivity index (χ3v) is 15.6. The van der Waals surface area contributed by atoms with E-state index in [1.807, 2.05) is 0 Å². The van der Waals surface area contributed by atoms with Gasteiger partial charge < -0.3 is 0 Å². The summed E-state index contributed by atoms with van der Waals surface area (Å²) < 4.78 is 0. The van der Waals surface area contributed by atoms with Gasteiger partial charge in [-0.2, -0.15) is 0 Å². The highest BCUT2D eigenvalue weighted by Gasteiger charge is 2.35. The normalized spacial score (nSPS) is 12.4. The molecule has 68 heavy (non-hydrogen) atoms. The maximum atomic E-state index is 2.46. The van der Waals surface area contributed by atoms with Gasteiger partial charge in [0.1, 0.15) is 0 Å². The first-order valence-corrected chi connectivity index (χ1v) is 24.1. The first-order valence-electron chi connectivity index (χ1n) is 24.1. The van der Waals surface area contributed by atoms with Crippen molar-refractivity contribution in [2.24, 2.45) is 0 Å². The van der Waals surface area contributed by atoms with Crippen molar-refractivity contribution in [3.8, 4) is 89.0 Å². The molecule has 13 aromatic rings. The molecule has 0 amide bonds. The minimum Gasteiger partial charge on any atom is -0.0616 e. The predicted molar refractivity (Wildman–Crippen MR) is 292 cm³/mol. The second-order valence-corrected chi connectivity index (χ2v) is 19.7. The molecule has 0 heteroatoms. The molecular formula is C68H44. The average molecular weight is 861 g/mol. The molecule has 0 aromatic heterocycles. The van der Waals surface area contributed by atoms with Crippen LogP contribution >= 0.6 is 0 Å². The van der Waals surface area contributed by atoms with Gasteiger partial charge in [-0.1, -0.05) is 216 Å². The van der Waals surface area contributed by atoms with Crippen LogP contribution in [0.15, 0.2) is 194 Å². The fraction of sp³-hybridized carbons (Fsp3) is 0.0588. The van der Waals surface area contributed by atoms with Gasteiger partial charge in [0.25, 0.3) is 0 Å². The lowest BCUT2D eigenvalue weighted by Gasteiger charge is -2.21. The fourth-order valence-electron chi connectivity index (χ4n) is 13.1. The van der Waals surface area contributed by atoms with Crippen molar-refractivity contribution in [3.63, 3.8) is 0 Å². The molecule has 0 bridgehead atoms. The van der Waals surface area contributed by atoms with E-state index in [1.165, 1.54) is 176 Å². The number of rotatable bonds is 4. The number of benzene rings is 13. The van der Waals surface area contributed by atoms with Gasteiger partial charge in [-0.25, -0.2) is 0 Å². The lowest BCUT2D eigenvalue weighted by atomic mass is 9.82. The molecule has 0 N–H and O–H groups in total. The highest BCUT2D eigenvalue weighted by Crippen LogP contribution is 2.63. The second kappa shape index (κ2) is 13.6. The lowest BCUT2D eigenvalue weighted by molar-refractivity contribution is 1.47. The van der Waals surface area contributed by atoms with Crippen molar-refractivity contribution >= 4 is 64.6 Å². The minimum absolute atomic E-state index is 1.27. The van der Waals surface area contributed by atoms with Crippen LogP contribution in [0.2, 0.25) is 0 Å². The van der Waals surface area contributed by atoms with E-state index < -0.39 is 0 Å². The summed E-state index contributed by atoms with van der Waals surface area (Å²) in [5, 5.41) is 15.9. The van der Waals surface area contributed by atoms with Crippen molar-refractivity contribution < 1.29 is 0 Å². The van der Waals surface area contributed by atoms with Gasteiger partial charge in [-0.3, -0.25) is 0 Å². The molecule has 0 radical (unpaired) electrons. The van der Waals surface area contributed by atoms with E-state index in [1.54, 1.807) is 0 Å². The minimum atomic E-state index is 1.27. The largest absolute Gasteiger partial charge is 0.0616 e. The summed E-state index contributed by atoms with van der Waals surface area (Å²) in [4.78, 5) is 0. The SMILES string of the molecule is Cc1cccc(-c2c3c(c(-c4cccc(C)c4)c4ccccc24)-c2ccc4c5ccc6c7c(ccc(c8ccc-3c2c84)c75)-c2c-6c(-c3cccc(C)c3)c3ccccc3c2-c2cccc(C)c2)c1. The van der Waals surface area contributed by atoms with Gasteiger partial charge in [0.2, 0.25) is 0 Å². The molecule has 0 saturated carbocycles. The Morgan fingerprint density at radius 1 is 0.191 bits per heavy atom. The third-order valence-electron chi connectivity index (χ3n) is 15.6. The Bertz CT molecular complexity index is 3850. The number of aryl methyl sites for hydroxylation is 4. The van der Waals surface area contributed by atoms with Crippen LogP contribution in [0.25, 0.3) is 154 Å². The van der Waals surface area contributed by atoms with Crippen molar-refractivity contribution in [1.29, 1.82) is 0 Å². The van der Waals surface area contributed by atoms with E-state index in [-0.39, 0.29) is 0 Å². The van der Waals surface area contributed by atoms with E-state index in [4.69, 9.17) is 0 Å². The van der Waals surface area contributed by atoms with E-state index in [9.17, 15) is 0 Å². The highest BCUT2D eigenvalue weighted by atomic mass is 14.4. The molecule has 2 aliphatic carbocycles. The Labute approximate surface area is 395 Å². The Hall–Kier alpha value is -8.32. The molecule has 0 atom stereocenters. The predicted octanol–water partition coefficient (Wildman–Crippen LogP) is 19.2. The molecule has 13 aromatic carbocycles. The summed E-state index contributed by atoms with van der Waals surface area (Å²) in [5.74, 6) is 0. The molecule has 0 nitrogen and oxygen atoms in total. The molecule has 0 unspecified atom stereocenters. The van der Waals surface area contributed by atoms with Crippen molar-refractivity contribution in [1.82, 2.24) is 0 Å². The molecule has 316 valence electrons. The van der Waals surface area contributed by atoms with Crippen LogP contribution in [0.5, 0.6) is 0 Å². The Morgan fingerprint density at radius 2 is 0.441 bits per heavy atom. The quantitative estimate of drug-likeness (QED) is 0.122. The Balaban J connectivity index is 1.08. The summed E-state index contributed by atoms with van der Waals surface area (Å²) in [7, 11) is 0. The van der Waals surface area contributed by atoms with Crippen LogP contribution in [0.4, 0.5) is 0 Å². The Morgan fingerprint density at radius 3 is 0.676 bits per heavy atom. The van der Waals surface area contributed by atoms with Gasteiger partial charge in [0, 0.05) is 0 Å². The van der Waals surface area contributed by atoms with Gasteiger partial charge >= 0.3 is 0 Å². The smallest absolute Gasteiger partial charge is 0.000740 e. The second-order valence-electron chi connectivity index (χ2n) is 19.7. The van der Waals surface area contributed by atoms with Crippen LogP contribution in [-0.4, -0.2) is 0 Å². The number of fused-ring (bicyclic) bond motifs is 10. The van der Waals surface area contributed by atoms with Gasteiger partial charge in [-0.05, 0) is 181 Å². The van der Waals surface area contributed by atoms with Gasteiger partial charge in [-0.15, -0.1) is 0 Å². The summed E-state index contributed by atoms with van der Waals surface area (Å²) in [6, 6.07) is 74.4. The topological polar surface area (TPSA) is 0 Å². The standard InChI is InChI=1S/C68H44/c1-37-13-9-17-41(33-37)57-45-21-5-6-22-46(45)58(42-18-10-14-38(2)34-42)66-54-30-26-50-52-28-32-56-64-55(31-27-51(62(52)64)49-25-29-53(65(57)66)63(54)61(49)50)67-59(43-19-11-15-39(3)35-43)47-23-7-8-24-48(47)60(68(56)67)44-20-12-16-40(4)36-44/h5-36H,1-4H3. The molecule has 0 aliphatic heterocycles. The van der Waals surface area contributed by atoms with Crippen LogP contribution in [0, 0.1) is 27.7 Å². The van der Waals surface area contributed by atoms with Crippen molar-refractivity contribution in [2.45, 2.75) is 27.7 Å². The zero-order valence-electron chi connectivity index (χ0n) is 38.5. The first kappa shape index (κ1) is 37.9. The first-order chi connectivity index (χ1) is 33.4. The fourth-order valence-corrected chi connectivity index (χ4v) is 13.1. The number of hydrogen-bond acceptors (Lipinski definition) is 0. The zero-order valence-corrected chi connectivity index (χ0v) is 38.5. The molecule has 0 heterocycles. The summed E-state index contributed by atoms with van der Waals surface area (Å²) in [5.41, 5.74) is 26.1. The van der Waals surface area contributed by atoms with Crippen LogP contribution < -0.4 is 0 Å². The molecular weight excluding hydrogens is 817 g/mol. The average Bonchev–Trinajstić information content (AvgIpc) is 3.87. The monoisotopic (exact) mass is 860 g/mol. The van der Waals surface area contributed by atoms with E-state index >= 15 is 0 Å². The van der Waals surface area contributed by atoms with Crippen LogP contribution in [-0.2, 0) is 0 Å². The summed E-state index contributed by atoms with van der Waals surface area (Å²) in [6.07, 6.45) is 0. The lowest BCUT2D eigenvalue weighted by Crippen LogP contribution is -1.94. The molecule has 2 aliphatic rings. The maximum Gasteiger partial charge on any atom is -0.000740 e. The molecule has 0 saturated heterocycles.